The number of nitrogens with one attached hydrogen (secondary N) is 1. The second-order valence-electron chi connectivity index (χ2n) is 4.88. The van der Waals surface area contributed by atoms with E-state index in [2.05, 4.69) is 29.1 Å². The molecule has 0 saturated carbocycles. The van der Waals surface area contributed by atoms with Gasteiger partial charge in [-0.2, -0.15) is 0 Å². The maximum Gasteiger partial charge on any atom is 0.241 e. The largest absolute Gasteiger partial charge is 0.347 e. The Bertz CT molecular complexity index is 405. The molecular formula is C14H25N5O. The predicted molar refractivity (Wildman–Crippen MR) is 80.6 cm³/mol. The summed E-state index contributed by atoms with van der Waals surface area (Å²) < 4.78 is 0. The Balaban J connectivity index is 2.73. The molecule has 0 aliphatic rings. The highest BCUT2D eigenvalue weighted by atomic mass is 16.2. The molecule has 6 heteroatoms. The molecule has 0 radical (unpaired) electrons. The minimum absolute atomic E-state index is 0.0544. The van der Waals surface area contributed by atoms with Gasteiger partial charge in [0.15, 0.2) is 0 Å². The number of hydrogen-bond donors (Lipinski definition) is 1. The summed E-state index contributed by atoms with van der Waals surface area (Å²) in [7, 11) is 3.51. The van der Waals surface area contributed by atoms with Gasteiger partial charge >= 0.3 is 0 Å². The highest BCUT2D eigenvalue weighted by Crippen LogP contribution is 2.08. The van der Waals surface area contributed by atoms with Crippen LogP contribution < -0.4 is 10.2 Å². The van der Waals surface area contributed by atoms with E-state index in [1.54, 1.807) is 19.0 Å². The van der Waals surface area contributed by atoms with Crippen LogP contribution in [-0.2, 0) is 11.3 Å². The Kier molecular flexibility index (Phi) is 6.93. The second kappa shape index (κ2) is 8.47. The van der Waals surface area contributed by atoms with Crippen LogP contribution in [0.5, 0.6) is 0 Å². The fraction of sp³-hybridized carbons (Fsp3) is 0.643. The molecule has 6 nitrogen and oxygen atoms in total. The minimum atomic E-state index is 0.0544. The molecule has 20 heavy (non-hydrogen) atoms. The van der Waals surface area contributed by atoms with Crippen molar-refractivity contribution in [1.82, 2.24) is 20.2 Å². The Hall–Kier alpha value is -1.69. The molecule has 1 amide bonds. The summed E-state index contributed by atoms with van der Waals surface area (Å²) in [5.74, 6) is 0.668. The normalized spacial score (nSPS) is 10.4. The van der Waals surface area contributed by atoms with Crippen LogP contribution in [0.2, 0.25) is 0 Å². The van der Waals surface area contributed by atoms with Crippen LogP contribution in [0.25, 0.3) is 0 Å². The molecule has 1 heterocycles. The van der Waals surface area contributed by atoms with Gasteiger partial charge in [0, 0.05) is 45.1 Å². The zero-order chi connectivity index (χ0) is 15.0. The third kappa shape index (κ3) is 5.13. The van der Waals surface area contributed by atoms with E-state index in [9.17, 15) is 4.79 Å². The summed E-state index contributed by atoms with van der Waals surface area (Å²) in [6, 6.07) is 0. The first-order valence-electron chi connectivity index (χ1n) is 7.05. The number of aromatic nitrogens is 2. The van der Waals surface area contributed by atoms with Gasteiger partial charge in [-0.1, -0.05) is 13.8 Å². The molecule has 1 rings (SSSR count). The van der Waals surface area contributed by atoms with Gasteiger partial charge in [0.25, 0.3) is 0 Å². The Labute approximate surface area is 121 Å². The van der Waals surface area contributed by atoms with Crippen molar-refractivity contribution in [3.63, 3.8) is 0 Å². The van der Waals surface area contributed by atoms with E-state index in [-0.39, 0.29) is 5.91 Å². The van der Waals surface area contributed by atoms with Crippen LogP contribution in [0.15, 0.2) is 12.4 Å². The third-order valence-electron chi connectivity index (χ3n) is 2.87. The van der Waals surface area contributed by atoms with Crippen molar-refractivity contribution in [3.8, 4) is 0 Å². The van der Waals surface area contributed by atoms with E-state index in [1.165, 1.54) is 0 Å². The van der Waals surface area contributed by atoms with Gasteiger partial charge in [0.05, 0.1) is 6.54 Å². The Morgan fingerprint density at radius 1 is 1.25 bits per heavy atom. The summed E-state index contributed by atoms with van der Waals surface area (Å²) in [5, 5.41) is 3.23. The fourth-order valence-electron chi connectivity index (χ4n) is 1.70. The number of hydrogen-bond acceptors (Lipinski definition) is 5. The number of amides is 1. The van der Waals surface area contributed by atoms with Gasteiger partial charge in [-0.15, -0.1) is 0 Å². The van der Waals surface area contributed by atoms with E-state index in [1.807, 2.05) is 17.3 Å². The van der Waals surface area contributed by atoms with Crippen molar-refractivity contribution >= 4 is 11.9 Å². The molecule has 1 aromatic rings. The number of carbonyl (C=O) groups is 1. The number of carbonyl (C=O) groups excluding carboxylic acids is 1. The van der Waals surface area contributed by atoms with Gasteiger partial charge in [-0.25, -0.2) is 9.97 Å². The summed E-state index contributed by atoms with van der Waals surface area (Å²) in [4.78, 5) is 24.1. The maximum absolute atomic E-state index is 11.8. The van der Waals surface area contributed by atoms with Crippen molar-refractivity contribution in [3.05, 3.63) is 18.0 Å². The molecule has 0 aromatic carbocycles. The highest BCUT2D eigenvalue weighted by molar-refractivity contribution is 5.80. The Morgan fingerprint density at radius 3 is 2.40 bits per heavy atom. The summed E-state index contributed by atoms with van der Waals surface area (Å²) in [6.45, 7) is 6.90. The topological polar surface area (TPSA) is 61.4 Å². The van der Waals surface area contributed by atoms with E-state index < -0.39 is 0 Å². The predicted octanol–water partition coefficient (Wildman–Crippen LogP) is 0.891. The van der Waals surface area contributed by atoms with Crippen LogP contribution in [0.3, 0.4) is 0 Å². The van der Waals surface area contributed by atoms with Crippen molar-refractivity contribution < 1.29 is 4.79 Å². The molecule has 1 aromatic heterocycles. The zero-order valence-electron chi connectivity index (χ0n) is 12.9. The fourth-order valence-corrected chi connectivity index (χ4v) is 1.70. The van der Waals surface area contributed by atoms with Gasteiger partial charge in [-0.05, 0) is 13.0 Å². The molecule has 112 valence electrons. The molecular weight excluding hydrogens is 254 g/mol. The first kappa shape index (κ1) is 16.4. The van der Waals surface area contributed by atoms with E-state index in [0.29, 0.717) is 12.5 Å². The quantitative estimate of drug-likeness (QED) is 0.766. The third-order valence-corrected chi connectivity index (χ3v) is 2.87. The van der Waals surface area contributed by atoms with Gasteiger partial charge in [0.1, 0.15) is 0 Å². The standard InChI is InChI=1S/C14H25N5O/c1-5-7-19(11-13(20)18(3)4)14-16-9-12(10-17-14)8-15-6-2/h9-10,15H,5-8,11H2,1-4H3. The number of rotatable bonds is 8. The molecule has 0 aliphatic heterocycles. The lowest BCUT2D eigenvalue weighted by molar-refractivity contribution is -0.127. The average molecular weight is 279 g/mol. The summed E-state index contributed by atoms with van der Waals surface area (Å²) >= 11 is 0. The molecule has 0 bridgehead atoms. The second-order valence-corrected chi connectivity index (χ2v) is 4.88. The van der Waals surface area contributed by atoms with E-state index in [0.717, 1.165) is 31.6 Å². The zero-order valence-corrected chi connectivity index (χ0v) is 12.9. The van der Waals surface area contributed by atoms with Crippen molar-refractivity contribution in [2.45, 2.75) is 26.8 Å². The lowest BCUT2D eigenvalue weighted by atomic mass is 10.3. The van der Waals surface area contributed by atoms with Gasteiger partial charge in [0.2, 0.25) is 11.9 Å². The average Bonchev–Trinajstić information content (AvgIpc) is 2.45. The first-order chi connectivity index (χ1) is 9.58. The molecule has 0 spiro atoms. The number of likely N-dealkylation sites (N-methyl/N-ethyl adjacent to an activating group) is 1. The molecule has 0 fully saturated rings. The maximum atomic E-state index is 11.8. The van der Waals surface area contributed by atoms with Crippen molar-refractivity contribution in [1.29, 1.82) is 0 Å². The van der Waals surface area contributed by atoms with Crippen LogP contribution in [-0.4, -0.2) is 54.5 Å². The van der Waals surface area contributed by atoms with Gasteiger partial charge < -0.3 is 15.1 Å². The summed E-state index contributed by atoms with van der Waals surface area (Å²) in [6.07, 6.45) is 4.57. The molecule has 0 saturated heterocycles. The lowest BCUT2D eigenvalue weighted by Crippen LogP contribution is -2.38. The van der Waals surface area contributed by atoms with Crippen molar-refractivity contribution in [2.24, 2.45) is 0 Å². The molecule has 0 atom stereocenters. The van der Waals surface area contributed by atoms with Crippen LogP contribution in [0, 0.1) is 0 Å². The summed E-state index contributed by atoms with van der Waals surface area (Å²) in [5.41, 5.74) is 1.05. The number of anilines is 1. The minimum Gasteiger partial charge on any atom is -0.347 e. The highest BCUT2D eigenvalue weighted by Gasteiger charge is 2.14. The Morgan fingerprint density at radius 2 is 1.90 bits per heavy atom. The van der Waals surface area contributed by atoms with Crippen LogP contribution >= 0.6 is 0 Å². The molecule has 0 unspecified atom stereocenters. The smallest absolute Gasteiger partial charge is 0.241 e. The van der Waals surface area contributed by atoms with Gasteiger partial charge in [-0.3, -0.25) is 4.79 Å². The van der Waals surface area contributed by atoms with E-state index >= 15 is 0 Å². The SMILES string of the molecule is CCCN(CC(=O)N(C)C)c1ncc(CNCC)cn1. The first-order valence-corrected chi connectivity index (χ1v) is 7.05. The monoisotopic (exact) mass is 279 g/mol. The number of nitrogens with zero attached hydrogens (tertiary/aromatic N) is 4. The van der Waals surface area contributed by atoms with E-state index in [4.69, 9.17) is 0 Å². The molecule has 0 aliphatic carbocycles. The van der Waals surface area contributed by atoms with Crippen LogP contribution in [0.4, 0.5) is 5.95 Å². The van der Waals surface area contributed by atoms with Crippen LogP contribution in [0.1, 0.15) is 25.8 Å². The lowest BCUT2D eigenvalue weighted by Gasteiger charge is -2.23. The van der Waals surface area contributed by atoms with Crippen molar-refractivity contribution in [2.75, 3.05) is 38.6 Å². The molecule has 1 N–H and O–H groups in total.